The highest BCUT2D eigenvalue weighted by Crippen LogP contribution is 2.30. The molecule has 28 heavy (non-hydrogen) atoms. The lowest BCUT2D eigenvalue weighted by atomic mass is 10.2. The van der Waals surface area contributed by atoms with Crippen LogP contribution in [0.2, 0.25) is 0 Å². The van der Waals surface area contributed by atoms with Gasteiger partial charge < -0.3 is 21.1 Å². The summed E-state index contributed by atoms with van der Waals surface area (Å²) in [7, 11) is 0. The Kier molecular flexibility index (Phi) is 4.26. The van der Waals surface area contributed by atoms with E-state index < -0.39 is 17.8 Å². The van der Waals surface area contributed by atoms with E-state index in [0.717, 1.165) is 16.8 Å². The predicted octanol–water partition coefficient (Wildman–Crippen LogP) is 1.33. The van der Waals surface area contributed by atoms with Crippen molar-refractivity contribution in [2.24, 2.45) is 0 Å². The fourth-order valence-corrected chi connectivity index (χ4v) is 2.61. The van der Waals surface area contributed by atoms with Crippen molar-refractivity contribution in [1.29, 1.82) is 0 Å². The minimum Gasteiger partial charge on any atom is -0.485 e. The van der Waals surface area contributed by atoms with E-state index in [1.54, 1.807) is 6.07 Å². The molecule has 9 nitrogen and oxygen atoms in total. The zero-order valence-electron chi connectivity index (χ0n) is 14.2. The first-order valence-corrected chi connectivity index (χ1v) is 8.17. The number of anilines is 2. The number of nitrogens with one attached hydrogen (secondary N) is 2. The lowest BCUT2D eigenvalue weighted by molar-refractivity contribution is -0.141. The van der Waals surface area contributed by atoms with E-state index in [0.29, 0.717) is 18.8 Å². The molecule has 4 rings (SSSR count). The average Bonchev–Trinajstić information content (AvgIpc) is 2.93. The molecule has 0 radical (unpaired) electrons. The number of aromatic nitrogens is 4. The first-order valence-electron chi connectivity index (χ1n) is 8.17. The Morgan fingerprint density at radius 2 is 2.14 bits per heavy atom. The fourth-order valence-electron chi connectivity index (χ4n) is 2.61. The molecule has 0 unspecified atom stereocenters. The lowest BCUT2D eigenvalue weighted by Crippen LogP contribution is -2.50. The van der Waals surface area contributed by atoms with Gasteiger partial charge in [-0.1, -0.05) is 0 Å². The van der Waals surface area contributed by atoms with Crippen LogP contribution in [0.25, 0.3) is 5.65 Å². The van der Waals surface area contributed by atoms with Crippen LogP contribution >= 0.6 is 0 Å². The molecule has 0 atom stereocenters. The van der Waals surface area contributed by atoms with E-state index in [9.17, 15) is 18.0 Å². The summed E-state index contributed by atoms with van der Waals surface area (Å²) < 4.78 is 45.6. The standard InChI is InChI=1S/C16H14F3N7O2/c17-16(18,19)11-2-4-26-14(24-11)12(13(20)25-26)15(27)23-9-7-21-3-1-10(9)28-8-5-22-6-8/h1-4,7-8,22H,5-6H2,(H2,20,25)(H,23,27). The van der Waals surface area contributed by atoms with Crippen LogP contribution < -0.4 is 21.1 Å². The smallest absolute Gasteiger partial charge is 0.433 e. The maximum atomic E-state index is 13.0. The molecule has 4 heterocycles. The molecule has 1 aliphatic rings. The molecule has 0 spiro atoms. The van der Waals surface area contributed by atoms with Gasteiger partial charge in [-0.25, -0.2) is 9.50 Å². The van der Waals surface area contributed by atoms with Gasteiger partial charge in [0, 0.05) is 31.5 Å². The summed E-state index contributed by atoms with van der Waals surface area (Å²) in [5, 5.41) is 9.45. The van der Waals surface area contributed by atoms with Crippen molar-refractivity contribution in [2.75, 3.05) is 24.1 Å². The van der Waals surface area contributed by atoms with Crippen LogP contribution in [0.15, 0.2) is 30.7 Å². The quantitative estimate of drug-likeness (QED) is 0.612. The number of rotatable bonds is 4. The van der Waals surface area contributed by atoms with Gasteiger partial charge in [0.25, 0.3) is 5.91 Å². The monoisotopic (exact) mass is 393 g/mol. The minimum atomic E-state index is -4.67. The summed E-state index contributed by atoms with van der Waals surface area (Å²) in [6.07, 6.45) is -0.805. The van der Waals surface area contributed by atoms with Crippen LogP contribution in [0.5, 0.6) is 5.75 Å². The first-order chi connectivity index (χ1) is 13.3. The van der Waals surface area contributed by atoms with Crippen LogP contribution in [0.4, 0.5) is 24.7 Å². The molecule has 1 fully saturated rings. The van der Waals surface area contributed by atoms with Crippen molar-refractivity contribution in [3.8, 4) is 5.75 Å². The Labute approximate surface area is 155 Å². The van der Waals surface area contributed by atoms with Crippen molar-refractivity contribution in [3.63, 3.8) is 0 Å². The number of nitrogens with two attached hydrogens (primary N) is 1. The molecular weight excluding hydrogens is 379 g/mol. The highest BCUT2D eigenvalue weighted by Gasteiger charge is 2.34. The number of alkyl halides is 3. The third-order valence-electron chi connectivity index (χ3n) is 4.10. The number of hydrogen-bond acceptors (Lipinski definition) is 7. The van der Waals surface area contributed by atoms with E-state index in [1.807, 2.05) is 0 Å². The second kappa shape index (κ2) is 6.64. The molecule has 3 aromatic heterocycles. The number of fused-ring (bicyclic) bond motifs is 1. The van der Waals surface area contributed by atoms with Gasteiger partial charge in [-0.2, -0.15) is 13.2 Å². The number of amides is 1. The molecule has 1 saturated heterocycles. The first kappa shape index (κ1) is 18.0. The molecule has 0 saturated carbocycles. The normalized spacial score (nSPS) is 14.7. The van der Waals surface area contributed by atoms with Gasteiger partial charge in [0.15, 0.2) is 11.5 Å². The molecule has 3 aromatic rings. The lowest BCUT2D eigenvalue weighted by Gasteiger charge is -2.28. The van der Waals surface area contributed by atoms with Gasteiger partial charge in [0.1, 0.15) is 28.8 Å². The van der Waals surface area contributed by atoms with E-state index >= 15 is 0 Å². The third kappa shape index (κ3) is 3.29. The van der Waals surface area contributed by atoms with Crippen LogP contribution in [0.1, 0.15) is 16.1 Å². The molecule has 0 aromatic carbocycles. The highest BCUT2D eigenvalue weighted by atomic mass is 19.4. The summed E-state index contributed by atoms with van der Waals surface area (Å²) in [6.45, 7) is 1.34. The topological polar surface area (TPSA) is 119 Å². The summed E-state index contributed by atoms with van der Waals surface area (Å²) in [6, 6.07) is 2.33. The average molecular weight is 393 g/mol. The highest BCUT2D eigenvalue weighted by molar-refractivity contribution is 6.12. The number of pyridine rings is 1. The maximum absolute atomic E-state index is 13.0. The number of nitrogen functional groups attached to an aromatic ring is 1. The number of carbonyl (C=O) groups excluding carboxylic acids is 1. The molecule has 1 aliphatic heterocycles. The largest absolute Gasteiger partial charge is 0.485 e. The Bertz CT molecular complexity index is 1050. The number of hydrogen-bond donors (Lipinski definition) is 3. The van der Waals surface area contributed by atoms with E-state index in [2.05, 4.69) is 25.7 Å². The van der Waals surface area contributed by atoms with Crippen molar-refractivity contribution in [1.82, 2.24) is 24.9 Å². The van der Waals surface area contributed by atoms with E-state index in [4.69, 9.17) is 10.5 Å². The minimum absolute atomic E-state index is 0.0453. The van der Waals surface area contributed by atoms with Gasteiger partial charge >= 0.3 is 6.18 Å². The molecule has 0 bridgehead atoms. The van der Waals surface area contributed by atoms with E-state index in [1.165, 1.54) is 12.4 Å². The number of carbonyl (C=O) groups is 1. The van der Waals surface area contributed by atoms with Crippen LogP contribution in [0, 0.1) is 0 Å². The number of halogens is 3. The number of nitrogens with zero attached hydrogens (tertiary/aromatic N) is 4. The molecule has 0 aliphatic carbocycles. The van der Waals surface area contributed by atoms with Gasteiger partial charge in [0.05, 0.1) is 6.20 Å². The summed E-state index contributed by atoms with van der Waals surface area (Å²) >= 11 is 0. The summed E-state index contributed by atoms with van der Waals surface area (Å²) in [5.41, 5.74) is 4.27. The molecule has 1 amide bonds. The Balaban J connectivity index is 1.67. The fraction of sp³-hybridized carbons (Fsp3) is 0.250. The third-order valence-corrected chi connectivity index (χ3v) is 4.10. The van der Waals surface area contributed by atoms with E-state index in [-0.39, 0.29) is 28.8 Å². The van der Waals surface area contributed by atoms with Crippen LogP contribution in [-0.2, 0) is 6.18 Å². The zero-order chi connectivity index (χ0) is 19.9. The number of ether oxygens (including phenoxy) is 1. The van der Waals surface area contributed by atoms with Gasteiger partial charge in [-0.15, -0.1) is 5.10 Å². The van der Waals surface area contributed by atoms with Crippen molar-refractivity contribution in [2.45, 2.75) is 12.3 Å². The molecule has 4 N–H and O–H groups in total. The van der Waals surface area contributed by atoms with Crippen molar-refractivity contribution in [3.05, 3.63) is 42.0 Å². The predicted molar refractivity (Wildman–Crippen MR) is 91.9 cm³/mol. The molecule has 12 heteroatoms. The molecular formula is C16H14F3N7O2. The molecule has 146 valence electrons. The van der Waals surface area contributed by atoms with Crippen molar-refractivity contribution < 1.29 is 22.7 Å². The Morgan fingerprint density at radius 3 is 2.82 bits per heavy atom. The van der Waals surface area contributed by atoms with Crippen molar-refractivity contribution >= 4 is 23.1 Å². The van der Waals surface area contributed by atoms with Crippen LogP contribution in [0.3, 0.4) is 0 Å². The Hall–Kier alpha value is -3.41. The zero-order valence-corrected chi connectivity index (χ0v) is 14.2. The Morgan fingerprint density at radius 1 is 1.36 bits per heavy atom. The second-order valence-electron chi connectivity index (χ2n) is 6.06. The summed E-state index contributed by atoms with van der Waals surface area (Å²) in [4.78, 5) is 20.2. The summed E-state index contributed by atoms with van der Waals surface area (Å²) in [5.74, 6) is -0.642. The van der Waals surface area contributed by atoms with Gasteiger partial charge in [-0.3, -0.25) is 9.78 Å². The maximum Gasteiger partial charge on any atom is 0.433 e. The SMILES string of the molecule is Nc1nn2ccc(C(F)(F)F)nc2c1C(=O)Nc1cnccc1OC1CNC1. The van der Waals surface area contributed by atoms with Gasteiger partial charge in [-0.05, 0) is 6.07 Å². The second-order valence-corrected chi connectivity index (χ2v) is 6.06. The van der Waals surface area contributed by atoms with Crippen LogP contribution in [-0.4, -0.2) is 44.7 Å². The van der Waals surface area contributed by atoms with Gasteiger partial charge in [0.2, 0.25) is 0 Å².